The van der Waals surface area contributed by atoms with E-state index in [2.05, 4.69) is 60.7 Å². The summed E-state index contributed by atoms with van der Waals surface area (Å²) >= 11 is 0. The van der Waals surface area contributed by atoms with E-state index in [1.165, 1.54) is 22.3 Å². The predicted molar refractivity (Wildman–Crippen MR) is 86.9 cm³/mol. The first-order chi connectivity index (χ1) is 11.8. The maximum Gasteiger partial charge on any atom is 0.0930 e. The normalized spacial score (nSPS) is 49.1. The quantitative estimate of drug-likeness (QED) is 0.746. The van der Waals surface area contributed by atoms with E-state index in [9.17, 15) is 10.5 Å². The summed E-state index contributed by atoms with van der Waals surface area (Å²) in [4.78, 5) is 0. The summed E-state index contributed by atoms with van der Waals surface area (Å²) in [5.74, 6) is 2.63. The Hall–Kier alpha value is -2.58. The minimum atomic E-state index is -0.350. The molecule has 0 aromatic heterocycles. The Balaban J connectivity index is 1.69. The monoisotopic (exact) mass is 306 g/mol. The second-order valence-corrected chi connectivity index (χ2v) is 8.30. The Morgan fingerprint density at radius 2 is 1.08 bits per heavy atom. The number of hydrogen-bond acceptors (Lipinski definition) is 2. The third-order valence-electron chi connectivity index (χ3n) is 8.31. The Kier molecular flexibility index (Phi) is 1.56. The molecule has 112 valence electrons. The summed E-state index contributed by atoms with van der Waals surface area (Å²) in [6, 6.07) is 22.6. The number of fused-ring (bicyclic) bond motifs is 8. The van der Waals surface area contributed by atoms with Crippen molar-refractivity contribution in [2.24, 2.45) is 23.7 Å². The van der Waals surface area contributed by atoms with Crippen LogP contribution in [-0.2, 0) is 10.8 Å². The van der Waals surface area contributed by atoms with Crippen LogP contribution in [0.4, 0.5) is 0 Å². The van der Waals surface area contributed by atoms with Crippen molar-refractivity contribution in [2.45, 2.75) is 22.7 Å². The second kappa shape index (κ2) is 3.15. The molecule has 0 spiro atoms. The molecule has 0 aliphatic heterocycles. The average molecular weight is 306 g/mol. The molecule has 0 N–H and O–H groups in total. The first-order valence-corrected chi connectivity index (χ1v) is 8.83. The molecular weight excluding hydrogens is 292 g/mol. The molecule has 0 amide bonds. The summed E-state index contributed by atoms with van der Waals surface area (Å²) in [5, 5.41) is 20.6. The lowest BCUT2D eigenvalue weighted by Gasteiger charge is -2.87. The maximum absolute atomic E-state index is 10.3. The molecule has 5 aliphatic rings. The first-order valence-electron chi connectivity index (χ1n) is 8.83. The van der Waals surface area contributed by atoms with Crippen LogP contribution in [-0.4, -0.2) is 0 Å². The number of benzene rings is 2. The van der Waals surface area contributed by atoms with Gasteiger partial charge in [0.15, 0.2) is 0 Å². The van der Waals surface area contributed by atoms with Crippen molar-refractivity contribution < 1.29 is 0 Å². The zero-order chi connectivity index (χ0) is 15.8. The third kappa shape index (κ3) is 0.755. The molecule has 2 aromatic carbocycles. The molecule has 24 heavy (non-hydrogen) atoms. The van der Waals surface area contributed by atoms with Gasteiger partial charge in [-0.05, 0) is 45.9 Å². The van der Waals surface area contributed by atoms with Gasteiger partial charge in [0.2, 0.25) is 0 Å². The highest BCUT2D eigenvalue weighted by Crippen LogP contribution is 2.91. The molecule has 7 rings (SSSR count). The van der Waals surface area contributed by atoms with Crippen LogP contribution in [0.2, 0.25) is 0 Å². The number of nitrogens with zero attached hydrogens (tertiary/aromatic N) is 2. The van der Waals surface area contributed by atoms with Crippen molar-refractivity contribution in [3.63, 3.8) is 0 Å². The fourth-order valence-corrected chi connectivity index (χ4v) is 7.94. The van der Waals surface area contributed by atoms with Crippen LogP contribution in [0.1, 0.15) is 34.1 Å². The van der Waals surface area contributed by atoms with Crippen LogP contribution in [0, 0.1) is 46.3 Å². The van der Waals surface area contributed by atoms with Crippen molar-refractivity contribution in [1.29, 1.82) is 10.5 Å². The van der Waals surface area contributed by atoms with Gasteiger partial charge < -0.3 is 0 Å². The third-order valence-corrected chi connectivity index (χ3v) is 8.31. The van der Waals surface area contributed by atoms with Gasteiger partial charge in [-0.25, -0.2) is 0 Å². The van der Waals surface area contributed by atoms with Crippen molar-refractivity contribution in [3.8, 4) is 12.1 Å². The lowest BCUT2D eigenvalue weighted by Crippen LogP contribution is -2.86. The van der Waals surface area contributed by atoms with Crippen molar-refractivity contribution in [3.05, 3.63) is 70.8 Å². The Morgan fingerprint density at radius 3 is 1.50 bits per heavy atom. The zero-order valence-electron chi connectivity index (χ0n) is 13.0. The molecule has 2 heteroatoms. The molecule has 0 heterocycles. The highest BCUT2D eigenvalue weighted by Gasteiger charge is 2.90. The first kappa shape index (κ1) is 11.9. The molecule has 5 aliphatic carbocycles. The predicted octanol–water partition coefficient (Wildman–Crippen LogP) is 3.61. The maximum atomic E-state index is 10.3. The second-order valence-electron chi connectivity index (χ2n) is 8.30. The van der Waals surface area contributed by atoms with Gasteiger partial charge in [-0.1, -0.05) is 48.5 Å². The Bertz CT molecular complexity index is 963. The molecule has 8 atom stereocenters. The number of hydrogen-bond donors (Lipinski definition) is 0. The number of nitriles is 2. The van der Waals surface area contributed by atoms with Gasteiger partial charge in [0.05, 0.1) is 23.0 Å². The van der Waals surface area contributed by atoms with Crippen LogP contribution in [0.25, 0.3) is 0 Å². The zero-order valence-corrected chi connectivity index (χ0v) is 13.0. The van der Waals surface area contributed by atoms with Crippen molar-refractivity contribution in [2.75, 3.05) is 0 Å². The van der Waals surface area contributed by atoms with Gasteiger partial charge in [-0.2, -0.15) is 10.5 Å². The molecule has 2 aromatic rings. The topological polar surface area (TPSA) is 47.6 Å². The van der Waals surface area contributed by atoms with E-state index in [-0.39, 0.29) is 22.7 Å². The van der Waals surface area contributed by atoms with Gasteiger partial charge in [0.25, 0.3) is 0 Å². The smallest absolute Gasteiger partial charge is 0.0930 e. The van der Waals surface area contributed by atoms with E-state index < -0.39 is 0 Å². The Morgan fingerprint density at radius 1 is 0.667 bits per heavy atom. The molecular formula is C22H14N2. The van der Waals surface area contributed by atoms with E-state index in [0.717, 1.165) is 0 Å². The van der Waals surface area contributed by atoms with Crippen LogP contribution >= 0.6 is 0 Å². The minimum Gasteiger partial charge on any atom is -0.197 e. The highest BCUT2D eigenvalue weighted by molar-refractivity contribution is 5.70. The summed E-state index contributed by atoms with van der Waals surface area (Å²) in [7, 11) is 0. The SMILES string of the molecule is N#C[C@]12c3ccccc3[C@H]3C4C1C1C4[C@]3(C#N)c3ccccc3[C@H]12. The van der Waals surface area contributed by atoms with Crippen molar-refractivity contribution >= 4 is 0 Å². The molecule has 3 fully saturated rings. The van der Waals surface area contributed by atoms with Gasteiger partial charge in [-0.3, -0.25) is 0 Å². The van der Waals surface area contributed by atoms with E-state index in [4.69, 9.17) is 0 Å². The lowest BCUT2D eigenvalue weighted by molar-refractivity contribution is -0.289. The van der Waals surface area contributed by atoms with E-state index in [1.54, 1.807) is 0 Å². The summed E-state index contributed by atoms with van der Waals surface area (Å²) in [6.45, 7) is 0. The van der Waals surface area contributed by atoms with Crippen LogP contribution in [0.15, 0.2) is 48.5 Å². The summed E-state index contributed by atoms with van der Waals surface area (Å²) in [5.41, 5.74) is 4.33. The van der Waals surface area contributed by atoms with Crippen LogP contribution in [0.5, 0.6) is 0 Å². The fourth-order valence-electron chi connectivity index (χ4n) is 7.94. The van der Waals surface area contributed by atoms with Gasteiger partial charge in [0, 0.05) is 11.8 Å². The molecule has 2 nitrogen and oxygen atoms in total. The van der Waals surface area contributed by atoms with E-state index in [0.29, 0.717) is 23.7 Å². The van der Waals surface area contributed by atoms with Crippen LogP contribution in [0.3, 0.4) is 0 Å². The largest absolute Gasteiger partial charge is 0.197 e. The number of rotatable bonds is 0. The average Bonchev–Trinajstić information content (AvgIpc) is 2.58. The van der Waals surface area contributed by atoms with Gasteiger partial charge in [-0.15, -0.1) is 0 Å². The summed E-state index contributed by atoms with van der Waals surface area (Å²) < 4.78 is 0. The summed E-state index contributed by atoms with van der Waals surface area (Å²) in [6.07, 6.45) is 0. The molecule has 0 saturated heterocycles. The molecule has 3 saturated carbocycles. The van der Waals surface area contributed by atoms with Gasteiger partial charge >= 0.3 is 0 Å². The van der Waals surface area contributed by atoms with E-state index in [1.807, 2.05) is 0 Å². The minimum absolute atomic E-state index is 0.286. The lowest BCUT2D eigenvalue weighted by atomic mass is 9.13. The fraction of sp³-hybridized carbons (Fsp3) is 0.364. The Labute approximate surface area is 140 Å². The van der Waals surface area contributed by atoms with E-state index >= 15 is 0 Å². The van der Waals surface area contributed by atoms with Gasteiger partial charge in [0.1, 0.15) is 0 Å². The van der Waals surface area contributed by atoms with Crippen LogP contribution < -0.4 is 0 Å². The molecule has 4 unspecified atom stereocenters. The highest BCUT2D eigenvalue weighted by atomic mass is 14.9. The molecule has 0 bridgehead atoms. The van der Waals surface area contributed by atoms with Crippen molar-refractivity contribution in [1.82, 2.24) is 0 Å². The molecule has 0 radical (unpaired) electrons. The standard InChI is InChI=1S/C22H14N2/c23-9-21-13-7-3-1-5-11(13)17-15-19(21)16-18(21)12-6-2-4-8-14(12)22(17,10-24)20(15)16/h1-8,15-20H/t15?,16?,17-,18+,19?,20?,21-,22-/m1/s1.